The molecule has 0 saturated carbocycles. The van der Waals surface area contributed by atoms with Gasteiger partial charge in [-0.1, -0.05) is 96.5 Å². The number of carbonyl (C=O) groups excluding carboxylic acids is 2. The summed E-state index contributed by atoms with van der Waals surface area (Å²) in [6.45, 7) is 7.01. The Kier molecular flexibility index (Phi) is 10.5. The average Bonchev–Trinajstić information content (AvgIpc) is 2.99. The standard InChI is InChI=1S/C35H38ClN3O4S/c1-26-20-21-29(23-31(26)36)39(44(42,43)30-18-12-7-13-19-30)25-33(40)38(24-28-16-10-6-11-17-28)32(34(41)37-35(2,3)4)22-27-14-8-5-9-15-27/h5-21,23,32H,22,24-25H2,1-4H3,(H,37,41). The van der Waals surface area contributed by atoms with Gasteiger partial charge in [-0.2, -0.15) is 0 Å². The molecule has 1 N–H and O–H groups in total. The molecule has 0 heterocycles. The van der Waals surface area contributed by atoms with Crippen LogP contribution in [0.3, 0.4) is 0 Å². The third-order valence-corrected chi connectivity index (χ3v) is 9.21. The van der Waals surface area contributed by atoms with Crippen molar-refractivity contribution in [2.75, 3.05) is 10.8 Å². The van der Waals surface area contributed by atoms with Gasteiger partial charge in [0.05, 0.1) is 10.6 Å². The lowest BCUT2D eigenvalue weighted by molar-refractivity contribution is -0.140. The second kappa shape index (κ2) is 14.1. The van der Waals surface area contributed by atoms with Gasteiger partial charge in [-0.25, -0.2) is 8.42 Å². The molecular weight excluding hydrogens is 594 g/mol. The third kappa shape index (κ3) is 8.49. The summed E-state index contributed by atoms with van der Waals surface area (Å²) >= 11 is 6.43. The molecular formula is C35H38ClN3O4S. The lowest BCUT2D eigenvalue weighted by atomic mass is 10.0. The molecule has 44 heavy (non-hydrogen) atoms. The molecule has 0 bridgehead atoms. The number of amides is 2. The maximum atomic E-state index is 14.5. The van der Waals surface area contributed by atoms with Crippen molar-refractivity contribution in [3.05, 3.63) is 131 Å². The Morgan fingerprint density at radius 2 is 1.36 bits per heavy atom. The number of nitrogens with one attached hydrogen (secondary N) is 1. The number of halogens is 1. The first-order valence-corrected chi connectivity index (χ1v) is 16.2. The second-order valence-electron chi connectivity index (χ2n) is 11.7. The topological polar surface area (TPSA) is 86.8 Å². The molecule has 7 nitrogen and oxygen atoms in total. The SMILES string of the molecule is Cc1ccc(N(CC(=O)N(Cc2ccccc2)C(Cc2ccccc2)C(=O)NC(C)(C)C)S(=O)(=O)c2ccccc2)cc1Cl. The minimum Gasteiger partial charge on any atom is -0.350 e. The highest BCUT2D eigenvalue weighted by Crippen LogP contribution is 2.29. The zero-order valence-corrected chi connectivity index (χ0v) is 27.0. The van der Waals surface area contributed by atoms with Crippen LogP contribution in [0.5, 0.6) is 0 Å². The molecule has 0 spiro atoms. The fraction of sp³-hybridized carbons (Fsp3) is 0.257. The molecule has 0 saturated heterocycles. The monoisotopic (exact) mass is 631 g/mol. The largest absolute Gasteiger partial charge is 0.350 e. The molecule has 230 valence electrons. The van der Waals surface area contributed by atoms with E-state index in [0.29, 0.717) is 5.02 Å². The smallest absolute Gasteiger partial charge is 0.264 e. The van der Waals surface area contributed by atoms with Crippen LogP contribution in [-0.4, -0.2) is 43.3 Å². The van der Waals surface area contributed by atoms with E-state index in [2.05, 4.69) is 5.32 Å². The van der Waals surface area contributed by atoms with E-state index in [4.69, 9.17) is 11.6 Å². The Morgan fingerprint density at radius 3 is 1.91 bits per heavy atom. The zero-order valence-electron chi connectivity index (χ0n) is 25.4. The van der Waals surface area contributed by atoms with Crippen LogP contribution in [0.15, 0.2) is 114 Å². The van der Waals surface area contributed by atoms with Crippen LogP contribution in [-0.2, 0) is 32.6 Å². The molecule has 1 unspecified atom stereocenters. The summed E-state index contributed by atoms with van der Waals surface area (Å²) in [6, 6.07) is 30.7. The first-order valence-electron chi connectivity index (χ1n) is 14.4. The Labute approximate surface area is 265 Å². The molecule has 1 atom stereocenters. The Bertz CT molecular complexity index is 1680. The molecule has 0 aliphatic rings. The number of carbonyl (C=O) groups is 2. The maximum absolute atomic E-state index is 14.5. The van der Waals surface area contributed by atoms with E-state index < -0.39 is 34.1 Å². The molecule has 9 heteroatoms. The fourth-order valence-corrected chi connectivity index (χ4v) is 6.37. The van der Waals surface area contributed by atoms with Gasteiger partial charge >= 0.3 is 0 Å². The maximum Gasteiger partial charge on any atom is 0.264 e. The van der Waals surface area contributed by atoms with Gasteiger partial charge in [0.2, 0.25) is 11.8 Å². The highest BCUT2D eigenvalue weighted by Gasteiger charge is 2.35. The minimum absolute atomic E-state index is 0.0328. The fourth-order valence-electron chi connectivity index (χ4n) is 4.77. The van der Waals surface area contributed by atoms with Gasteiger partial charge in [-0.05, 0) is 68.7 Å². The molecule has 4 rings (SSSR count). The van der Waals surface area contributed by atoms with Crippen LogP contribution in [0, 0.1) is 6.92 Å². The van der Waals surface area contributed by atoms with Gasteiger partial charge in [0.15, 0.2) is 0 Å². The Morgan fingerprint density at radius 1 is 0.818 bits per heavy atom. The normalized spacial score (nSPS) is 12.3. The van der Waals surface area contributed by atoms with Crippen molar-refractivity contribution < 1.29 is 18.0 Å². The molecule has 0 radical (unpaired) electrons. The molecule has 0 aliphatic heterocycles. The van der Waals surface area contributed by atoms with Gasteiger partial charge < -0.3 is 10.2 Å². The van der Waals surface area contributed by atoms with Crippen molar-refractivity contribution in [2.24, 2.45) is 0 Å². The molecule has 2 amide bonds. The summed E-state index contributed by atoms with van der Waals surface area (Å²) in [6.07, 6.45) is 0.239. The highest BCUT2D eigenvalue weighted by molar-refractivity contribution is 7.92. The van der Waals surface area contributed by atoms with Crippen LogP contribution >= 0.6 is 11.6 Å². The number of hydrogen-bond donors (Lipinski definition) is 1. The lowest BCUT2D eigenvalue weighted by Gasteiger charge is -2.35. The zero-order chi connectivity index (χ0) is 31.9. The summed E-state index contributed by atoms with van der Waals surface area (Å²) in [5, 5.41) is 3.40. The van der Waals surface area contributed by atoms with Gasteiger partial charge in [0, 0.05) is 23.5 Å². The van der Waals surface area contributed by atoms with Gasteiger partial charge in [0.25, 0.3) is 10.0 Å². The van der Waals surface area contributed by atoms with Crippen LogP contribution in [0.4, 0.5) is 5.69 Å². The number of benzene rings is 4. The number of aryl methyl sites for hydroxylation is 1. The number of hydrogen-bond acceptors (Lipinski definition) is 4. The molecule has 4 aromatic carbocycles. The minimum atomic E-state index is -4.19. The lowest BCUT2D eigenvalue weighted by Crippen LogP contribution is -2.56. The number of rotatable bonds is 11. The molecule has 0 aliphatic carbocycles. The summed E-state index contributed by atoms with van der Waals surface area (Å²) in [7, 11) is -4.19. The van der Waals surface area contributed by atoms with Crippen LogP contribution in [0.1, 0.15) is 37.5 Å². The first kappa shape index (κ1) is 32.8. The quantitative estimate of drug-likeness (QED) is 0.208. The van der Waals surface area contributed by atoms with E-state index in [-0.39, 0.29) is 29.5 Å². The van der Waals surface area contributed by atoms with Crippen LogP contribution < -0.4 is 9.62 Å². The summed E-state index contributed by atoms with van der Waals surface area (Å²) in [5.41, 5.74) is 2.13. The third-order valence-electron chi connectivity index (χ3n) is 7.02. The van der Waals surface area contributed by atoms with Gasteiger partial charge in [0.1, 0.15) is 12.6 Å². The van der Waals surface area contributed by atoms with Crippen LogP contribution in [0.25, 0.3) is 0 Å². The number of anilines is 1. The predicted molar refractivity (Wildman–Crippen MR) is 176 cm³/mol. The van der Waals surface area contributed by atoms with E-state index in [1.54, 1.807) is 36.4 Å². The van der Waals surface area contributed by atoms with Crippen molar-refractivity contribution in [3.8, 4) is 0 Å². The van der Waals surface area contributed by atoms with E-state index >= 15 is 0 Å². The first-order chi connectivity index (χ1) is 20.8. The summed E-state index contributed by atoms with van der Waals surface area (Å²) in [5.74, 6) is -0.864. The van der Waals surface area contributed by atoms with Crippen molar-refractivity contribution in [1.29, 1.82) is 0 Å². The van der Waals surface area contributed by atoms with E-state index in [1.165, 1.54) is 17.0 Å². The predicted octanol–water partition coefficient (Wildman–Crippen LogP) is 6.40. The Hall–Kier alpha value is -4.14. The van der Waals surface area contributed by atoms with Crippen molar-refractivity contribution in [3.63, 3.8) is 0 Å². The molecule has 0 fully saturated rings. The van der Waals surface area contributed by atoms with E-state index in [9.17, 15) is 18.0 Å². The summed E-state index contributed by atoms with van der Waals surface area (Å²) < 4.78 is 29.2. The second-order valence-corrected chi connectivity index (χ2v) is 14.0. The van der Waals surface area contributed by atoms with E-state index in [0.717, 1.165) is 21.0 Å². The van der Waals surface area contributed by atoms with Crippen molar-refractivity contribution in [1.82, 2.24) is 10.2 Å². The number of nitrogens with zero attached hydrogens (tertiary/aromatic N) is 2. The van der Waals surface area contributed by atoms with Gasteiger partial charge in [-0.15, -0.1) is 0 Å². The van der Waals surface area contributed by atoms with Crippen molar-refractivity contribution >= 4 is 39.1 Å². The highest BCUT2D eigenvalue weighted by atomic mass is 35.5. The average molecular weight is 632 g/mol. The van der Waals surface area contributed by atoms with Crippen LogP contribution in [0.2, 0.25) is 5.02 Å². The van der Waals surface area contributed by atoms with Gasteiger partial charge in [-0.3, -0.25) is 13.9 Å². The molecule has 4 aromatic rings. The summed E-state index contributed by atoms with van der Waals surface area (Å²) in [4.78, 5) is 29.9. The van der Waals surface area contributed by atoms with E-state index in [1.807, 2.05) is 88.4 Å². The Balaban J connectivity index is 1.81. The molecule has 0 aromatic heterocycles. The number of sulfonamides is 1. The van der Waals surface area contributed by atoms with Crippen molar-refractivity contribution in [2.45, 2.75) is 57.1 Å².